The number of nitrogens with zero attached hydrogens (tertiary/aromatic N) is 3. The van der Waals surface area contributed by atoms with E-state index in [1.165, 1.54) is 6.20 Å². The SMILES string of the molecule is C=C/C=C(\C=C)CC(=N)OC(=N)c1nc(N2CCNC(=O)C2)c2cccnc2c1O. The van der Waals surface area contributed by atoms with Crippen LogP contribution in [0.4, 0.5) is 5.82 Å². The molecule has 0 aromatic carbocycles. The number of fused-ring (bicyclic) bond motifs is 1. The quantitative estimate of drug-likeness (QED) is 0.330. The average Bonchev–Trinajstić information content (AvgIpc) is 2.73. The van der Waals surface area contributed by atoms with Gasteiger partial charge in [-0.2, -0.15) is 0 Å². The van der Waals surface area contributed by atoms with Gasteiger partial charge < -0.3 is 20.1 Å². The topological polar surface area (TPSA) is 135 Å². The maximum atomic E-state index is 11.8. The predicted molar refractivity (Wildman–Crippen MR) is 115 cm³/mol. The van der Waals surface area contributed by atoms with Crippen LogP contribution in [0.1, 0.15) is 12.1 Å². The van der Waals surface area contributed by atoms with Crippen molar-refractivity contribution >= 4 is 34.4 Å². The van der Waals surface area contributed by atoms with Crippen molar-refractivity contribution in [2.24, 2.45) is 0 Å². The van der Waals surface area contributed by atoms with Gasteiger partial charge in [-0.1, -0.05) is 31.4 Å². The number of ether oxygens (including phenoxy) is 1. The molecule has 1 fully saturated rings. The normalized spacial score (nSPS) is 14.2. The summed E-state index contributed by atoms with van der Waals surface area (Å²) in [5.41, 5.74) is 0.779. The Kier molecular flexibility index (Phi) is 6.21. The fraction of sp³-hybridized carbons (Fsp3) is 0.190. The number of anilines is 1. The number of aromatic hydroxyl groups is 1. The smallest absolute Gasteiger partial charge is 0.243 e. The van der Waals surface area contributed by atoms with Gasteiger partial charge in [0.15, 0.2) is 17.3 Å². The third-order valence-corrected chi connectivity index (χ3v) is 4.45. The minimum atomic E-state index is -0.491. The average molecular weight is 406 g/mol. The molecule has 0 saturated carbocycles. The summed E-state index contributed by atoms with van der Waals surface area (Å²) in [6.07, 6.45) is 6.44. The van der Waals surface area contributed by atoms with E-state index in [9.17, 15) is 9.90 Å². The highest BCUT2D eigenvalue weighted by molar-refractivity contribution is 6.06. The Morgan fingerprint density at radius 2 is 2.20 bits per heavy atom. The summed E-state index contributed by atoms with van der Waals surface area (Å²) in [7, 11) is 0. The highest BCUT2D eigenvalue weighted by Crippen LogP contribution is 2.33. The van der Waals surface area contributed by atoms with Gasteiger partial charge in [-0.25, -0.2) is 4.98 Å². The molecule has 3 rings (SSSR count). The lowest BCUT2D eigenvalue weighted by molar-refractivity contribution is -0.120. The Labute approximate surface area is 173 Å². The van der Waals surface area contributed by atoms with Crippen LogP contribution in [0.25, 0.3) is 10.9 Å². The van der Waals surface area contributed by atoms with Gasteiger partial charge in [0.25, 0.3) is 0 Å². The number of nitrogens with one attached hydrogen (secondary N) is 3. The fourth-order valence-corrected chi connectivity index (χ4v) is 3.07. The summed E-state index contributed by atoms with van der Waals surface area (Å²) in [6, 6.07) is 3.44. The molecule has 0 bridgehead atoms. The van der Waals surface area contributed by atoms with Crippen molar-refractivity contribution in [1.82, 2.24) is 15.3 Å². The molecule has 1 saturated heterocycles. The number of aromatic nitrogens is 2. The van der Waals surface area contributed by atoms with Gasteiger partial charge in [-0.3, -0.25) is 20.6 Å². The minimum Gasteiger partial charge on any atom is -0.504 e. The van der Waals surface area contributed by atoms with Gasteiger partial charge in [0.2, 0.25) is 11.8 Å². The molecule has 1 aliphatic rings. The van der Waals surface area contributed by atoms with Crippen LogP contribution in [0.5, 0.6) is 5.75 Å². The van der Waals surface area contributed by atoms with Gasteiger partial charge in [0.1, 0.15) is 11.3 Å². The third kappa shape index (κ3) is 4.35. The molecule has 0 unspecified atom stereocenters. The number of carbonyl (C=O) groups is 1. The first kappa shape index (κ1) is 20.7. The summed E-state index contributed by atoms with van der Waals surface area (Å²) in [5, 5.41) is 30.2. The van der Waals surface area contributed by atoms with E-state index in [-0.39, 0.29) is 41.7 Å². The lowest BCUT2D eigenvalue weighted by Gasteiger charge is -2.29. The van der Waals surface area contributed by atoms with Gasteiger partial charge in [0, 0.05) is 31.1 Å². The van der Waals surface area contributed by atoms with Gasteiger partial charge in [-0.15, -0.1) is 0 Å². The van der Waals surface area contributed by atoms with Crippen LogP contribution in [0.2, 0.25) is 0 Å². The molecule has 4 N–H and O–H groups in total. The maximum absolute atomic E-state index is 11.8. The lowest BCUT2D eigenvalue weighted by atomic mass is 10.1. The Morgan fingerprint density at radius 1 is 1.40 bits per heavy atom. The van der Waals surface area contributed by atoms with Crippen molar-refractivity contribution in [3.63, 3.8) is 0 Å². The van der Waals surface area contributed by atoms with Gasteiger partial charge in [-0.05, 0) is 17.7 Å². The van der Waals surface area contributed by atoms with Crippen molar-refractivity contribution in [3.8, 4) is 5.75 Å². The molecule has 30 heavy (non-hydrogen) atoms. The Bertz CT molecular complexity index is 1080. The maximum Gasteiger partial charge on any atom is 0.243 e. The van der Waals surface area contributed by atoms with Crippen LogP contribution in [-0.2, 0) is 9.53 Å². The molecule has 9 heteroatoms. The second kappa shape index (κ2) is 8.99. The second-order valence-corrected chi connectivity index (χ2v) is 6.52. The summed E-state index contributed by atoms with van der Waals surface area (Å²) in [4.78, 5) is 22.2. The van der Waals surface area contributed by atoms with E-state index >= 15 is 0 Å². The first-order valence-corrected chi connectivity index (χ1v) is 9.22. The van der Waals surface area contributed by atoms with Gasteiger partial charge >= 0.3 is 0 Å². The number of rotatable bonds is 6. The highest BCUT2D eigenvalue weighted by Gasteiger charge is 2.25. The van der Waals surface area contributed by atoms with Crippen LogP contribution in [0, 0.1) is 10.8 Å². The molecule has 3 heterocycles. The van der Waals surface area contributed by atoms with Crippen molar-refractivity contribution in [3.05, 3.63) is 61.0 Å². The number of hydrogen-bond donors (Lipinski definition) is 4. The first-order valence-electron chi connectivity index (χ1n) is 9.22. The summed E-state index contributed by atoms with van der Waals surface area (Å²) < 4.78 is 5.30. The molecule has 0 spiro atoms. The minimum absolute atomic E-state index is 0.0975. The van der Waals surface area contributed by atoms with Crippen LogP contribution < -0.4 is 10.2 Å². The first-order chi connectivity index (χ1) is 14.4. The van der Waals surface area contributed by atoms with Gasteiger partial charge in [0.05, 0.1) is 6.54 Å². The molecule has 0 radical (unpaired) electrons. The number of allylic oxidation sites excluding steroid dienone is 3. The van der Waals surface area contributed by atoms with E-state index in [4.69, 9.17) is 15.6 Å². The molecule has 0 atom stereocenters. The Hall–Kier alpha value is -4.01. The monoisotopic (exact) mass is 406 g/mol. The number of amides is 1. The lowest BCUT2D eigenvalue weighted by Crippen LogP contribution is -2.48. The summed E-state index contributed by atoms with van der Waals surface area (Å²) >= 11 is 0. The standard InChI is InChI=1S/C21H22N6O3/c1-3-6-13(4-2)11-15(22)30-20(23)18-19(29)17-14(7-5-8-25-17)21(26-18)27-10-9-24-16(28)12-27/h3-8,22-23,29H,1-2,9-12H2,(H,24,28)/b13-6+,22-15?,23-20?. The van der Waals surface area contributed by atoms with Crippen molar-refractivity contribution in [1.29, 1.82) is 10.8 Å². The number of pyridine rings is 2. The van der Waals surface area contributed by atoms with E-state index in [0.717, 1.165) is 0 Å². The van der Waals surface area contributed by atoms with Crippen molar-refractivity contribution < 1.29 is 14.6 Å². The molecule has 2 aromatic heterocycles. The molecule has 154 valence electrons. The van der Waals surface area contributed by atoms with Crippen LogP contribution in [0.3, 0.4) is 0 Å². The Morgan fingerprint density at radius 3 is 2.90 bits per heavy atom. The summed E-state index contributed by atoms with van der Waals surface area (Å²) in [5.74, 6) is -0.754. The van der Waals surface area contributed by atoms with E-state index in [2.05, 4.69) is 28.4 Å². The fourth-order valence-electron chi connectivity index (χ4n) is 3.07. The molecular formula is C21H22N6O3. The van der Waals surface area contributed by atoms with Crippen molar-refractivity contribution in [2.45, 2.75) is 6.42 Å². The number of piperazine rings is 1. The van der Waals surface area contributed by atoms with E-state index in [1.807, 2.05) is 0 Å². The molecular weight excluding hydrogens is 384 g/mol. The third-order valence-electron chi connectivity index (χ3n) is 4.45. The number of carbonyl (C=O) groups excluding carboxylic acids is 1. The molecule has 0 aliphatic carbocycles. The largest absolute Gasteiger partial charge is 0.504 e. The van der Waals surface area contributed by atoms with Crippen LogP contribution in [0.15, 0.2) is 55.3 Å². The second-order valence-electron chi connectivity index (χ2n) is 6.52. The zero-order valence-corrected chi connectivity index (χ0v) is 16.3. The molecule has 1 aliphatic heterocycles. The van der Waals surface area contributed by atoms with E-state index in [1.54, 1.807) is 35.3 Å². The molecule has 1 amide bonds. The number of hydrogen-bond acceptors (Lipinski definition) is 8. The van der Waals surface area contributed by atoms with Crippen LogP contribution >= 0.6 is 0 Å². The molecule has 2 aromatic rings. The van der Waals surface area contributed by atoms with E-state index < -0.39 is 5.90 Å². The predicted octanol–water partition coefficient (Wildman–Crippen LogP) is 2.28. The highest BCUT2D eigenvalue weighted by atomic mass is 16.5. The zero-order chi connectivity index (χ0) is 21.7. The van der Waals surface area contributed by atoms with Crippen molar-refractivity contribution in [2.75, 3.05) is 24.5 Å². The molecule has 9 nitrogen and oxygen atoms in total. The van der Waals surface area contributed by atoms with E-state index in [0.29, 0.717) is 29.9 Å². The summed E-state index contributed by atoms with van der Waals surface area (Å²) in [6.45, 7) is 8.34. The van der Waals surface area contributed by atoms with Crippen LogP contribution in [-0.4, -0.2) is 52.4 Å². The Balaban J connectivity index is 1.96. The zero-order valence-electron chi connectivity index (χ0n) is 16.3.